The number of nitrogens with zero attached hydrogens (tertiary/aromatic N) is 2. The summed E-state index contributed by atoms with van der Waals surface area (Å²) in [5.41, 5.74) is 7.32. The number of ether oxygens (including phenoxy) is 1. The summed E-state index contributed by atoms with van der Waals surface area (Å²) in [5.74, 6) is 0.834. The SMILES string of the molecule is Cc1c(Cl)cccc1Nc1c(-c2ccnc3ccc(OC4CC4)nc23)[nH]c2c1C(=O)NC1CC21. The molecule has 4 heterocycles. The predicted octanol–water partition coefficient (Wildman–Crippen LogP) is 5.47. The molecule has 2 saturated carbocycles. The highest BCUT2D eigenvalue weighted by Gasteiger charge is 2.48. The number of aromatic amines is 1. The number of fused-ring (bicyclic) bond motifs is 4. The van der Waals surface area contributed by atoms with Gasteiger partial charge in [-0.05, 0) is 56.0 Å². The summed E-state index contributed by atoms with van der Waals surface area (Å²) in [4.78, 5) is 26.1. The van der Waals surface area contributed by atoms with E-state index in [1.54, 1.807) is 6.20 Å². The Bertz CT molecular complexity index is 1490. The summed E-state index contributed by atoms with van der Waals surface area (Å²) in [6, 6.07) is 11.7. The Kier molecular flexibility index (Phi) is 4.21. The number of hydrogen-bond donors (Lipinski definition) is 3. The quantitative estimate of drug-likeness (QED) is 0.359. The zero-order valence-corrected chi connectivity index (χ0v) is 19.2. The van der Waals surface area contributed by atoms with Crippen LogP contribution in [-0.2, 0) is 0 Å². The van der Waals surface area contributed by atoms with E-state index in [0.717, 1.165) is 64.2 Å². The van der Waals surface area contributed by atoms with Crippen LogP contribution in [0.25, 0.3) is 22.3 Å². The van der Waals surface area contributed by atoms with Crippen molar-refractivity contribution in [2.75, 3.05) is 5.32 Å². The average Bonchev–Trinajstić information content (AvgIpc) is 3.76. The number of halogens is 1. The van der Waals surface area contributed by atoms with Crippen molar-refractivity contribution in [2.45, 2.75) is 44.2 Å². The summed E-state index contributed by atoms with van der Waals surface area (Å²) < 4.78 is 5.96. The summed E-state index contributed by atoms with van der Waals surface area (Å²) in [5, 5.41) is 7.32. The number of aromatic nitrogens is 3. The first kappa shape index (κ1) is 19.9. The lowest BCUT2D eigenvalue weighted by atomic mass is 10.0. The van der Waals surface area contributed by atoms with E-state index >= 15 is 0 Å². The lowest BCUT2D eigenvalue weighted by Gasteiger charge is -2.16. The van der Waals surface area contributed by atoms with Crippen LogP contribution in [0.3, 0.4) is 0 Å². The van der Waals surface area contributed by atoms with Crippen molar-refractivity contribution in [1.29, 1.82) is 0 Å². The molecule has 7 rings (SSSR count). The number of carbonyl (C=O) groups is 1. The molecule has 170 valence electrons. The van der Waals surface area contributed by atoms with Crippen LogP contribution in [0.2, 0.25) is 5.02 Å². The Morgan fingerprint density at radius 3 is 2.91 bits per heavy atom. The van der Waals surface area contributed by atoms with Crippen LogP contribution in [0.1, 0.15) is 46.8 Å². The zero-order chi connectivity index (χ0) is 23.0. The summed E-state index contributed by atoms with van der Waals surface area (Å²) in [7, 11) is 0. The molecule has 8 heteroatoms. The van der Waals surface area contributed by atoms with Gasteiger partial charge in [-0.3, -0.25) is 9.78 Å². The lowest BCUT2D eigenvalue weighted by molar-refractivity contribution is 0.0944. The second kappa shape index (κ2) is 7.21. The molecular formula is C26H22ClN5O2. The van der Waals surface area contributed by atoms with Crippen molar-refractivity contribution in [2.24, 2.45) is 0 Å². The van der Waals surface area contributed by atoms with Crippen LogP contribution in [-0.4, -0.2) is 33.0 Å². The number of benzene rings is 1. The number of amides is 1. The number of nitrogens with one attached hydrogen (secondary N) is 3. The second-order valence-electron chi connectivity index (χ2n) is 9.32. The van der Waals surface area contributed by atoms with Gasteiger partial charge < -0.3 is 20.4 Å². The third-order valence-electron chi connectivity index (χ3n) is 6.90. The van der Waals surface area contributed by atoms with E-state index in [2.05, 4.69) is 20.6 Å². The number of rotatable bonds is 5. The monoisotopic (exact) mass is 471 g/mol. The third-order valence-corrected chi connectivity index (χ3v) is 7.31. The van der Waals surface area contributed by atoms with Gasteiger partial charge >= 0.3 is 0 Å². The topological polar surface area (TPSA) is 91.9 Å². The van der Waals surface area contributed by atoms with Crippen LogP contribution in [0, 0.1) is 6.92 Å². The van der Waals surface area contributed by atoms with Gasteiger partial charge in [0.1, 0.15) is 11.6 Å². The minimum atomic E-state index is -0.0671. The number of pyridine rings is 2. The fourth-order valence-electron chi connectivity index (χ4n) is 4.78. The van der Waals surface area contributed by atoms with E-state index in [0.29, 0.717) is 22.4 Å². The molecule has 1 aliphatic heterocycles. The molecule has 0 bridgehead atoms. The fraction of sp³-hybridized carbons (Fsp3) is 0.269. The second-order valence-corrected chi connectivity index (χ2v) is 9.72. The normalized spacial score (nSPS) is 20.5. The van der Waals surface area contributed by atoms with Gasteiger partial charge in [-0.1, -0.05) is 17.7 Å². The maximum atomic E-state index is 13.1. The van der Waals surface area contributed by atoms with Gasteiger partial charge in [0.2, 0.25) is 5.88 Å². The van der Waals surface area contributed by atoms with Gasteiger partial charge in [0.05, 0.1) is 22.5 Å². The molecule has 1 aromatic carbocycles. The fourth-order valence-corrected chi connectivity index (χ4v) is 4.96. The van der Waals surface area contributed by atoms with Crippen LogP contribution >= 0.6 is 11.6 Å². The molecule has 2 unspecified atom stereocenters. The van der Waals surface area contributed by atoms with E-state index in [1.165, 1.54) is 0 Å². The number of carbonyl (C=O) groups excluding carboxylic acids is 1. The smallest absolute Gasteiger partial charge is 0.255 e. The van der Waals surface area contributed by atoms with Crippen molar-refractivity contribution in [3.63, 3.8) is 0 Å². The van der Waals surface area contributed by atoms with Crippen LogP contribution < -0.4 is 15.4 Å². The first-order chi connectivity index (χ1) is 16.6. The molecular weight excluding hydrogens is 450 g/mol. The van der Waals surface area contributed by atoms with E-state index in [4.69, 9.17) is 21.3 Å². The summed E-state index contributed by atoms with van der Waals surface area (Å²) in [6.45, 7) is 1.96. The Morgan fingerprint density at radius 2 is 2.06 bits per heavy atom. The zero-order valence-electron chi connectivity index (χ0n) is 18.5. The van der Waals surface area contributed by atoms with Gasteiger partial charge in [0.25, 0.3) is 5.91 Å². The molecule has 34 heavy (non-hydrogen) atoms. The van der Waals surface area contributed by atoms with E-state index in [9.17, 15) is 4.79 Å². The molecule has 0 radical (unpaired) electrons. The Hall–Kier alpha value is -3.58. The van der Waals surface area contributed by atoms with Gasteiger partial charge in [-0.25, -0.2) is 4.98 Å². The molecule has 2 atom stereocenters. The molecule has 3 aromatic heterocycles. The van der Waals surface area contributed by atoms with Crippen molar-refractivity contribution >= 4 is 39.9 Å². The Labute approximate surface area is 200 Å². The molecule has 2 aliphatic carbocycles. The molecule has 2 fully saturated rings. The van der Waals surface area contributed by atoms with Crippen molar-refractivity contribution < 1.29 is 9.53 Å². The van der Waals surface area contributed by atoms with Gasteiger partial charge in [-0.15, -0.1) is 0 Å². The molecule has 3 N–H and O–H groups in total. The standard InChI is InChI=1S/C26H22ClN5O2/c1-12-16(27)3-2-4-17(12)29-25-21-23(15-11-19(15)30-26(21)33)32-24(25)14-9-10-28-18-7-8-20(31-22(14)18)34-13-5-6-13/h2-4,7-10,13,15,19,29,32H,5-6,11H2,1H3,(H,30,33). The first-order valence-corrected chi connectivity index (χ1v) is 12.0. The molecule has 4 aromatic rings. The average molecular weight is 472 g/mol. The summed E-state index contributed by atoms with van der Waals surface area (Å²) in [6.07, 6.45) is 5.10. The van der Waals surface area contributed by atoms with Crippen LogP contribution in [0.4, 0.5) is 11.4 Å². The highest BCUT2D eigenvalue weighted by molar-refractivity contribution is 6.31. The number of H-pyrrole nitrogens is 1. The molecule has 0 saturated heterocycles. The lowest BCUT2D eigenvalue weighted by Crippen LogP contribution is -2.31. The largest absolute Gasteiger partial charge is 0.474 e. The number of anilines is 2. The minimum Gasteiger partial charge on any atom is -0.474 e. The highest BCUT2D eigenvalue weighted by atomic mass is 35.5. The van der Waals surface area contributed by atoms with Crippen molar-refractivity contribution in [1.82, 2.24) is 20.3 Å². The van der Waals surface area contributed by atoms with Crippen LogP contribution in [0.15, 0.2) is 42.6 Å². The number of hydrogen-bond acceptors (Lipinski definition) is 5. The minimum absolute atomic E-state index is 0.0671. The molecule has 1 amide bonds. The van der Waals surface area contributed by atoms with Crippen molar-refractivity contribution in [3.05, 3.63) is 64.4 Å². The summed E-state index contributed by atoms with van der Waals surface area (Å²) >= 11 is 6.40. The Morgan fingerprint density at radius 1 is 1.18 bits per heavy atom. The maximum absolute atomic E-state index is 13.1. The van der Waals surface area contributed by atoms with Crippen molar-refractivity contribution in [3.8, 4) is 17.1 Å². The highest BCUT2D eigenvalue weighted by Crippen LogP contribution is 2.50. The van der Waals surface area contributed by atoms with Gasteiger partial charge in [-0.2, -0.15) is 0 Å². The molecule has 7 nitrogen and oxygen atoms in total. The van der Waals surface area contributed by atoms with Gasteiger partial charge in [0, 0.05) is 46.2 Å². The Balaban J connectivity index is 1.43. The van der Waals surface area contributed by atoms with Gasteiger partial charge in [0.15, 0.2) is 0 Å². The molecule has 0 spiro atoms. The van der Waals surface area contributed by atoms with E-state index < -0.39 is 0 Å². The third kappa shape index (κ3) is 3.15. The first-order valence-electron chi connectivity index (χ1n) is 11.6. The molecule has 3 aliphatic rings. The maximum Gasteiger partial charge on any atom is 0.255 e. The predicted molar refractivity (Wildman–Crippen MR) is 131 cm³/mol. The van der Waals surface area contributed by atoms with E-state index in [-0.39, 0.29) is 18.1 Å². The van der Waals surface area contributed by atoms with Crippen LogP contribution in [0.5, 0.6) is 5.88 Å². The van der Waals surface area contributed by atoms with E-state index in [1.807, 2.05) is 43.3 Å².